The molecule has 3 radical (unpaired) electrons. The Morgan fingerprint density at radius 2 is 1.39 bits per heavy atom. The molecule has 1 aliphatic heterocycles. The molecular weight excluding hydrogens is 425 g/mol. The molecule has 0 aromatic heterocycles. The Morgan fingerprint density at radius 1 is 0.742 bits per heavy atom. The highest BCUT2D eigenvalue weighted by Crippen LogP contribution is 2.42. The van der Waals surface area contributed by atoms with Gasteiger partial charge in [-0.3, -0.25) is 0 Å². The summed E-state index contributed by atoms with van der Waals surface area (Å²) in [6.45, 7) is 7.66. The van der Waals surface area contributed by atoms with Crippen LogP contribution in [-0.2, 0) is 4.43 Å². The molecule has 1 unspecified atom stereocenters. The first-order chi connectivity index (χ1) is 15.0. The lowest BCUT2D eigenvalue weighted by Crippen LogP contribution is -2.53. The van der Waals surface area contributed by atoms with Gasteiger partial charge in [0.15, 0.2) is 0 Å². The minimum Gasteiger partial charge on any atom is -0.415 e. The summed E-state index contributed by atoms with van der Waals surface area (Å²) in [5.41, 5.74) is 1.42. The Labute approximate surface area is 188 Å². The fraction of sp³-hybridized carbons (Fsp3) is 0.185. The number of hydrogen-bond donors (Lipinski definition) is 0. The first-order valence-corrected chi connectivity index (χ1v) is 19.2. The third-order valence-electron chi connectivity index (χ3n) is 7.16. The number of fused-ring (bicyclic) bond motifs is 5. The zero-order valence-corrected chi connectivity index (χ0v) is 21.2. The van der Waals surface area contributed by atoms with Gasteiger partial charge in [-0.25, -0.2) is 0 Å². The third-order valence-corrected chi connectivity index (χ3v) is 26.3. The Kier molecular flexibility index (Phi) is 4.47. The summed E-state index contributed by atoms with van der Waals surface area (Å²) in [6, 6.07) is 30.6. The lowest BCUT2D eigenvalue weighted by molar-refractivity contribution is 0.245. The summed E-state index contributed by atoms with van der Waals surface area (Å²) < 4.78 is 6.62. The van der Waals surface area contributed by atoms with Crippen LogP contribution in [0.25, 0.3) is 43.1 Å². The van der Waals surface area contributed by atoms with Gasteiger partial charge in [0.2, 0.25) is 9.28 Å². The Bertz CT molecular complexity index is 1470. The van der Waals surface area contributed by atoms with E-state index in [0.29, 0.717) is 9.28 Å². The van der Waals surface area contributed by atoms with Crippen molar-refractivity contribution in [2.45, 2.75) is 31.8 Å². The number of rotatable bonds is 1. The molecule has 1 aliphatic rings. The highest BCUT2D eigenvalue weighted by Gasteiger charge is 2.40. The van der Waals surface area contributed by atoms with Crippen molar-refractivity contribution < 1.29 is 4.43 Å². The molecule has 1 atom stereocenters. The van der Waals surface area contributed by atoms with Crippen LogP contribution in [0.2, 0.25) is 25.7 Å². The molecule has 1 nitrogen and oxygen atoms in total. The molecule has 0 spiro atoms. The number of benzene rings is 5. The summed E-state index contributed by atoms with van der Waals surface area (Å²) in [6.07, 6.45) is 0.222. The summed E-state index contributed by atoms with van der Waals surface area (Å²) in [5.74, 6) is 0. The van der Waals surface area contributed by atoms with E-state index < -0.39 is 7.59 Å². The van der Waals surface area contributed by atoms with E-state index in [1.165, 1.54) is 54.7 Å². The molecular formula is C27H25OSi3. The van der Waals surface area contributed by atoms with Crippen molar-refractivity contribution >= 4 is 67.8 Å². The van der Waals surface area contributed by atoms with Gasteiger partial charge in [-0.15, -0.1) is 0 Å². The van der Waals surface area contributed by atoms with Gasteiger partial charge in [-0.05, 0) is 72.9 Å². The maximum absolute atomic E-state index is 6.62. The minimum absolute atomic E-state index is 0.222. The normalized spacial score (nSPS) is 19.5. The molecule has 31 heavy (non-hydrogen) atoms. The van der Waals surface area contributed by atoms with Gasteiger partial charge in [-0.2, -0.15) is 0 Å². The van der Waals surface area contributed by atoms with Crippen LogP contribution in [-0.4, -0.2) is 24.7 Å². The first kappa shape index (κ1) is 19.4. The predicted molar refractivity (Wildman–Crippen MR) is 140 cm³/mol. The van der Waals surface area contributed by atoms with Crippen LogP contribution in [0.15, 0.2) is 78.9 Å². The average molecular weight is 450 g/mol. The molecule has 5 aromatic rings. The molecule has 151 valence electrons. The highest BCUT2D eigenvalue weighted by atomic mass is 29.6. The topological polar surface area (TPSA) is 9.23 Å². The Morgan fingerprint density at radius 3 is 2.16 bits per heavy atom. The van der Waals surface area contributed by atoms with E-state index in [2.05, 4.69) is 98.5 Å². The molecule has 1 heterocycles. The highest BCUT2D eigenvalue weighted by molar-refractivity contribution is 7.50. The van der Waals surface area contributed by atoms with E-state index in [1.807, 2.05) is 0 Å². The van der Waals surface area contributed by atoms with Crippen LogP contribution in [0.4, 0.5) is 0 Å². The molecule has 0 saturated carbocycles. The number of hydrogen-bond acceptors (Lipinski definition) is 1. The quantitative estimate of drug-likeness (QED) is 0.147. The van der Waals surface area contributed by atoms with E-state index in [-0.39, 0.29) is 13.9 Å². The largest absolute Gasteiger partial charge is 0.415 e. The van der Waals surface area contributed by atoms with Crippen LogP contribution in [0.1, 0.15) is 11.7 Å². The zero-order chi connectivity index (χ0) is 21.2. The second-order valence-electron chi connectivity index (χ2n) is 9.51. The first-order valence-electron chi connectivity index (χ1n) is 11.0. The summed E-state index contributed by atoms with van der Waals surface area (Å²) in [7, 11) is -0.836. The molecule has 0 aliphatic carbocycles. The van der Waals surface area contributed by atoms with E-state index >= 15 is 0 Å². The molecule has 4 heteroatoms. The van der Waals surface area contributed by atoms with E-state index in [4.69, 9.17) is 4.43 Å². The minimum atomic E-state index is -1.22. The summed E-state index contributed by atoms with van der Waals surface area (Å²) in [5, 5.41) is 10.7. The fourth-order valence-corrected chi connectivity index (χ4v) is 14.7. The van der Waals surface area contributed by atoms with Crippen LogP contribution in [0.3, 0.4) is 0 Å². The van der Waals surface area contributed by atoms with E-state index in [9.17, 15) is 0 Å². The molecule has 1 saturated heterocycles. The zero-order valence-electron chi connectivity index (χ0n) is 18.2. The monoisotopic (exact) mass is 449 g/mol. The predicted octanol–water partition coefficient (Wildman–Crippen LogP) is 7.40. The third kappa shape index (κ3) is 3.12. The van der Waals surface area contributed by atoms with Crippen molar-refractivity contribution in [3.63, 3.8) is 0 Å². The summed E-state index contributed by atoms with van der Waals surface area (Å²) in [4.78, 5) is 0. The van der Waals surface area contributed by atoms with Gasteiger partial charge in [0.05, 0.1) is 13.9 Å². The maximum atomic E-state index is 6.62. The summed E-state index contributed by atoms with van der Waals surface area (Å²) >= 11 is 0. The van der Waals surface area contributed by atoms with Gasteiger partial charge in [0.1, 0.15) is 0 Å². The molecule has 5 aromatic carbocycles. The molecule has 1 fully saturated rings. The standard InChI is InChI=1S/C27H25OSi3/c1-30-29-28-26(17-31(30,2)3)27-22-11-7-6-10-20(22)16-25-23(27)13-12-21-14-18-8-4-5-9-19(18)15-24(21)25/h4-16,26H,17H2,1-3H3. The smallest absolute Gasteiger partial charge is 0.207 e. The van der Waals surface area contributed by atoms with Crippen molar-refractivity contribution in [1.29, 1.82) is 0 Å². The maximum Gasteiger partial charge on any atom is 0.207 e. The SMILES string of the molecule is C[Si]1[Si]OC(c2c3ccccc3cc3c2ccc2cc4ccccc4cc23)C[Si]1(C)C. The van der Waals surface area contributed by atoms with Crippen LogP contribution in [0.5, 0.6) is 0 Å². The van der Waals surface area contributed by atoms with Crippen LogP contribution < -0.4 is 0 Å². The van der Waals surface area contributed by atoms with E-state index in [1.54, 1.807) is 0 Å². The van der Waals surface area contributed by atoms with E-state index in [0.717, 1.165) is 0 Å². The van der Waals surface area contributed by atoms with Crippen molar-refractivity contribution in [1.82, 2.24) is 0 Å². The second-order valence-corrected chi connectivity index (χ2v) is 26.1. The van der Waals surface area contributed by atoms with Gasteiger partial charge < -0.3 is 4.43 Å². The molecule has 6 rings (SSSR count). The van der Waals surface area contributed by atoms with Crippen molar-refractivity contribution in [2.75, 3.05) is 0 Å². The van der Waals surface area contributed by atoms with Crippen molar-refractivity contribution in [3.05, 3.63) is 84.4 Å². The molecule has 0 amide bonds. The Balaban J connectivity index is 1.69. The van der Waals surface area contributed by atoms with Crippen molar-refractivity contribution in [2.24, 2.45) is 0 Å². The fourth-order valence-electron chi connectivity index (χ4n) is 5.06. The molecule has 0 N–H and O–H groups in total. The lowest BCUT2D eigenvalue weighted by atomic mass is 9.90. The van der Waals surface area contributed by atoms with Gasteiger partial charge in [0, 0.05) is 7.59 Å². The second kappa shape index (κ2) is 7.14. The van der Waals surface area contributed by atoms with Gasteiger partial charge in [0.25, 0.3) is 0 Å². The van der Waals surface area contributed by atoms with Gasteiger partial charge >= 0.3 is 0 Å². The Hall–Kier alpha value is -2.25. The lowest BCUT2D eigenvalue weighted by Gasteiger charge is -2.38. The van der Waals surface area contributed by atoms with Crippen LogP contribution in [0, 0.1) is 0 Å². The van der Waals surface area contributed by atoms with Crippen molar-refractivity contribution in [3.8, 4) is 0 Å². The van der Waals surface area contributed by atoms with Gasteiger partial charge in [-0.1, -0.05) is 80.3 Å². The van der Waals surface area contributed by atoms with Crippen LogP contribution >= 0.6 is 0 Å². The average Bonchev–Trinajstić information content (AvgIpc) is 2.78. The molecule has 0 bridgehead atoms.